The Hall–Kier alpha value is -3.61. The topological polar surface area (TPSA) is 79.2 Å². The summed E-state index contributed by atoms with van der Waals surface area (Å²) in [6.45, 7) is 6.90. The summed E-state index contributed by atoms with van der Waals surface area (Å²) in [5.74, 6) is 2.03. The molecule has 3 rings (SSSR count). The molecule has 54 heavy (non-hydrogen) atoms. The van der Waals surface area contributed by atoms with Crippen molar-refractivity contribution in [2.24, 2.45) is 0 Å². The SMILES string of the molecule is C=C(C)C(=O)CCCCCCCCCCCCOc1ccc(N(c2ccccc2)c2ccc(OCCCCCCCCCCCCC(O)CO)cc2)cc1. The minimum atomic E-state index is -0.541. The predicted octanol–water partition coefficient (Wildman–Crippen LogP) is 13.0. The number of ketones is 1. The zero-order valence-corrected chi connectivity index (χ0v) is 33.5. The summed E-state index contributed by atoms with van der Waals surface area (Å²) in [4.78, 5) is 13.9. The van der Waals surface area contributed by atoms with Gasteiger partial charge in [-0.1, -0.05) is 134 Å². The standard InChI is InChI=1S/C48H71NO5/c1-41(2)48(52)29-23-16-12-8-4-6-10-14-18-25-39-54-47-36-32-44(33-37-47)49(42-26-20-19-21-27-42)43-30-34-46(35-31-43)53-38-24-17-13-9-5-3-7-11-15-22-28-45(51)40-50/h19-21,26-27,30-37,45,50-51H,1,3-18,22-25,28-29,38-40H2,2H3. The van der Waals surface area contributed by atoms with Gasteiger partial charge in [-0.25, -0.2) is 0 Å². The lowest BCUT2D eigenvalue weighted by molar-refractivity contribution is -0.115. The first-order chi connectivity index (χ1) is 26.5. The van der Waals surface area contributed by atoms with Gasteiger partial charge in [0.25, 0.3) is 0 Å². The smallest absolute Gasteiger partial charge is 0.157 e. The van der Waals surface area contributed by atoms with Crippen LogP contribution in [0.3, 0.4) is 0 Å². The van der Waals surface area contributed by atoms with Gasteiger partial charge in [0.2, 0.25) is 0 Å². The van der Waals surface area contributed by atoms with E-state index in [1.54, 1.807) is 6.92 Å². The molecule has 0 aliphatic rings. The number of hydrogen-bond donors (Lipinski definition) is 2. The van der Waals surface area contributed by atoms with Crippen LogP contribution < -0.4 is 14.4 Å². The highest BCUT2D eigenvalue weighted by molar-refractivity contribution is 5.94. The Morgan fingerprint density at radius 1 is 0.556 bits per heavy atom. The molecule has 0 fully saturated rings. The molecule has 3 aromatic carbocycles. The quantitative estimate of drug-likeness (QED) is 0.0478. The minimum Gasteiger partial charge on any atom is -0.494 e. The van der Waals surface area contributed by atoms with Gasteiger partial charge in [-0.2, -0.15) is 0 Å². The van der Waals surface area contributed by atoms with E-state index in [0.717, 1.165) is 80.3 Å². The number of carbonyl (C=O) groups is 1. The van der Waals surface area contributed by atoms with Gasteiger partial charge < -0.3 is 24.6 Å². The molecule has 0 bridgehead atoms. The van der Waals surface area contributed by atoms with Gasteiger partial charge in [-0.05, 0) is 98.8 Å². The number of aliphatic hydroxyl groups excluding tert-OH is 2. The van der Waals surface area contributed by atoms with Crippen molar-refractivity contribution >= 4 is 22.8 Å². The van der Waals surface area contributed by atoms with Gasteiger partial charge in [-0.3, -0.25) is 4.79 Å². The van der Waals surface area contributed by atoms with Crippen LogP contribution in [0.1, 0.15) is 148 Å². The van der Waals surface area contributed by atoms with Crippen molar-refractivity contribution in [2.75, 3.05) is 24.7 Å². The van der Waals surface area contributed by atoms with E-state index < -0.39 is 6.10 Å². The number of anilines is 3. The number of unbranched alkanes of at least 4 members (excludes halogenated alkanes) is 18. The first kappa shape index (κ1) is 44.8. The molecule has 6 nitrogen and oxygen atoms in total. The second-order valence-corrected chi connectivity index (χ2v) is 15.0. The molecule has 0 saturated carbocycles. The van der Waals surface area contributed by atoms with E-state index in [0.29, 0.717) is 18.4 Å². The molecule has 2 N–H and O–H groups in total. The molecule has 1 unspecified atom stereocenters. The van der Waals surface area contributed by atoms with Crippen LogP contribution in [0.5, 0.6) is 11.5 Å². The number of ether oxygens (including phenoxy) is 2. The summed E-state index contributed by atoms with van der Waals surface area (Å²) in [5.41, 5.74) is 3.96. The van der Waals surface area contributed by atoms with Crippen LogP contribution in [0.25, 0.3) is 0 Å². The lowest BCUT2D eigenvalue weighted by Crippen LogP contribution is -2.10. The molecule has 0 aromatic heterocycles. The van der Waals surface area contributed by atoms with E-state index in [4.69, 9.17) is 14.6 Å². The first-order valence-electron chi connectivity index (χ1n) is 21.3. The third-order valence-corrected chi connectivity index (χ3v) is 10.2. The van der Waals surface area contributed by atoms with Crippen molar-refractivity contribution in [1.82, 2.24) is 0 Å². The monoisotopic (exact) mass is 742 g/mol. The zero-order valence-electron chi connectivity index (χ0n) is 33.5. The fourth-order valence-corrected chi connectivity index (χ4v) is 6.79. The van der Waals surface area contributed by atoms with Crippen LogP contribution in [0.4, 0.5) is 17.1 Å². The summed E-state index contributed by atoms with van der Waals surface area (Å²) in [6, 6.07) is 27.3. The molecular formula is C48H71NO5. The maximum atomic E-state index is 11.6. The minimum absolute atomic E-state index is 0.119. The van der Waals surface area contributed by atoms with E-state index in [9.17, 15) is 9.90 Å². The summed E-state index contributed by atoms with van der Waals surface area (Å²) in [7, 11) is 0. The van der Waals surface area contributed by atoms with Crippen LogP contribution in [0.15, 0.2) is 91.0 Å². The number of benzene rings is 3. The fourth-order valence-electron chi connectivity index (χ4n) is 6.79. The summed E-state index contributed by atoms with van der Waals surface area (Å²) in [6.07, 6.45) is 24.9. The summed E-state index contributed by atoms with van der Waals surface area (Å²) < 4.78 is 12.2. The van der Waals surface area contributed by atoms with Gasteiger partial charge in [0.15, 0.2) is 5.78 Å². The second kappa shape index (κ2) is 28.8. The molecule has 0 amide bonds. The van der Waals surface area contributed by atoms with E-state index in [1.165, 1.54) is 89.9 Å². The third-order valence-electron chi connectivity index (χ3n) is 10.2. The number of carbonyl (C=O) groups excluding carboxylic acids is 1. The summed E-state index contributed by atoms with van der Waals surface area (Å²) in [5, 5.41) is 18.3. The normalized spacial score (nSPS) is 11.7. The lowest BCUT2D eigenvalue weighted by atomic mass is 10.0. The van der Waals surface area contributed by atoms with Gasteiger partial charge in [0.05, 0.1) is 25.9 Å². The van der Waals surface area contributed by atoms with Crippen molar-refractivity contribution in [3.05, 3.63) is 91.0 Å². The maximum Gasteiger partial charge on any atom is 0.157 e. The van der Waals surface area contributed by atoms with Crippen molar-refractivity contribution in [3.63, 3.8) is 0 Å². The summed E-state index contributed by atoms with van der Waals surface area (Å²) >= 11 is 0. The maximum absolute atomic E-state index is 11.6. The molecule has 3 aromatic rings. The molecule has 298 valence electrons. The van der Waals surface area contributed by atoms with Crippen LogP contribution in [-0.4, -0.2) is 41.9 Å². The lowest BCUT2D eigenvalue weighted by Gasteiger charge is -2.25. The molecule has 6 heteroatoms. The molecule has 0 saturated heterocycles. The third kappa shape index (κ3) is 19.6. The molecule has 0 aliphatic carbocycles. The van der Waals surface area contributed by atoms with E-state index in [-0.39, 0.29) is 12.4 Å². The Bertz CT molecular complexity index is 1370. The van der Waals surface area contributed by atoms with E-state index in [1.807, 2.05) is 6.07 Å². The van der Waals surface area contributed by atoms with Gasteiger partial charge in [-0.15, -0.1) is 0 Å². The number of para-hydroxylation sites is 1. The van der Waals surface area contributed by atoms with Crippen LogP contribution in [-0.2, 0) is 4.79 Å². The molecule has 0 radical (unpaired) electrons. The zero-order chi connectivity index (χ0) is 38.5. The average molecular weight is 742 g/mol. The molecule has 0 heterocycles. The molecule has 1 atom stereocenters. The number of aliphatic hydroxyl groups is 2. The van der Waals surface area contributed by atoms with Gasteiger partial charge in [0, 0.05) is 23.5 Å². The van der Waals surface area contributed by atoms with Crippen molar-refractivity contribution < 1.29 is 24.5 Å². The van der Waals surface area contributed by atoms with Crippen LogP contribution in [0, 0.1) is 0 Å². The molecule has 0 spiro atoms. The Morgan fingerprint density at radius 2 is 0.926 bits per heavy atom. The fraction of sp³-hybridized carbons (Fsp3) is 0.562. The second-order valence-electron chi connectivity index (χ2n) is 15.0. The van der Waals surface area contributed by atoms with Crippen LogP contribution >= 0.6 is 0 Å². The Kier molecular flexibility index (Phi) is 23.9. The highest BCUT2D eigenvalue weighted by Gasteiger charge is 2.13. The van der Waals surface area contributed by atoms with Crippen LogP contribution in [0.2, 0.25) is 0 Å². The van der Waals surface area contributed by atoms with Crippen molar-refractivity contribution in [1.29, 1.82) is 0 Å². The average Bonchev–Trinajstić information content (AvgIpc) is 3.19. The number of rotatable bonds is 33. The number of hydrogen-bond acceptors (Lipinski definition) is 6. The molecular weight excluding hydrogens is 671 g/mol. The van der Waals surface area contributed by atoms with E-state index in [2.05, 4.69) is 84.3 Å². The highest BCUT2D eigenvalue weighted by atomic mass is 16.5. The predicted molar refractivity (Wildman–Crippen MR) is 227 cm³/mol. The van der Waals surface area contributed by atoms with Crippen molar-refractivity contribution in [3.8, 4) is 11.5 Å². The van der Waals surface area contributed by atoms with Gasteiger partial charge in [0.1, 0.15) is 11.5 Å². The number of allylic oxidation sites excluding steroid dienone is 1. The number of Topliss-reactive ketones (excluding diaryl/α,β-unsaturated/α-hetero) is 1. The largest absolute Gasteiger partial charge is 0.494 e. The van der Waals surface area contributed by atoms with Crippen molar-refractivity contribution in [2.45, 2.75) is 154 Å². The van der Waals surface area contributed by atoms with Gasteiger partial charge >= 0.3 is 0 Å². The van der Waals surface area contributed by atoms with E-state index >= 15 is 0 Å². The first-order valence-corrected chi connectivity index (χ1v) is 21.3. The Labute approximate surface area is 328 Å². The highest BCUT2D eigenvalue weighted by Crippen LogP contribution is 2.36. The molecule has 0 aliphatic heterocycles. The Morgan fingerprint density at radius 3 is 1.33 bits per heavy atom. The Balaban J connectivity index is 1.29. The number of nitrogens with zero attached hydrogens (tertiary/aromatic N) is 1.